The summed E-state index contributed by atoms with van der Waals surface area (Å²) in [5, 5.41) is 0. The Bertz CT molecular complexity index is 1160. The lowest BCUT2D eigenvalue weighted by Gasteiger charge is -2.34. The minimum atomic E-state index is -0.808. The molecule has 5 rings (SSSR count). The Labute approximate surface area is 168 Å². The number of ketones is 1. The van der Waals surface area contributed by atoms with Gasteiger partial charge in [0.25, 0.3) is 6.02 Å². The summed E-state index contributed by atoms with van der Waals surface area (Å²) in [4.78, 5) is 20.6. The van der Waals surface area contributed by atoms with E-state index in [1.54, 1.807) is 13.1 Å². The lowest BCUT2D eigenvalue weighted by Crippen LogP contribution is -2.31. The molecule has 144 valence electrons. The number of hydrogen-bond acceptors (Lipinski definition) is 6. The van der Waals surface area contributed by atoms with Gasteiger partial charge in [0.15, 0.2) is 5.54 Å². The quantitative estimate of drug-likeness (QED) is 0.745. The summed E-state index contributed by atoms with van der Waals surface area (Å²) in [6, 6.07) is 15.8. The molecule has 1 spiro atoms. The minimum Gasteiger partial charge on any atom is -0.462 e. The van der Waals surface area contributed by atoms with Crippen molar-refractivity contribution in [1.29, 1.82) is 0 Å². The van der Waals surface area contributed by atoms with Gasteiger partial charge in [-0.25, -0.2) is 4.99 Å². The van der Waals surface area contributed by atoms with Crippen molar-refractivity contribution in [3.63, 3.8) is 0 Å². The Kier molecular flexibility index (Phi) is 3.87. The maximum Gasteiger partial charge on any atom is 0.283 e. The molecular weight excluding hydrogens is 366 g/mol. The fourth-order valence-corrected chi connectivity index (χ4v) is 4.01. The van der Waals surface area contributed by atoms with E-state index in [1.807, 2.05) is 48.7 Å². The number of nitrogens with two attached hydrogens (primary N) is 1. The van der Waals surface area contributed by atoms with Crippen molar-refractivity contribution in [3.8, 4) is 22.6 Å². The number of amidine groups is 1. The van der Waals surface area contributed by atoms with E-state index in [0.717, 1.165) is 27.8 Å². The van der Waals surface area contributed by atoms with Crippen LogP contribution in [0.2, 0.25) is 0 Å². The van der Waals surface area contributed by atoms with E-state index in [9.17, 15) is 4.79 Å². The Morgan fingerprint density at radius 1 is 1.10 bits per heavy atom. The predicted octanol–water partition coefficient (Wildman–Crippen LogP) is 3.57. The summed E-state index contributed by atoms with van der Waals surface area (Å²) < 4.78 is 11.8. The number of carbonyl (C=O) groups is 1. The number of ether oxygens (including phenoxy) is 2. The third-order valence-electron chi connectivity index (χ3n) is 5.31. The van der Waals surface area contributed by atoms with Crippen molar-refractivity contribution in [2.24, 2.45) is 10.7 Å². The molecule has 29 heavy (non-hydrogen) atoms. The molecule has 2 aromatic carbocycles. The van der Waals surface area contributed by atoms with Crippen LogP contribution in [0.25, 0.3) is 11.1 Å². The van der Waals surface area contributed by atoms with E-state index in [0.29, 0.717) is 17.9 Å². The molecule has 0 unspecified atom stereocenters. The number of carbonyl (C=O) groups excluding carboxylic acids is 1. The first-order valence-electron chi connectivity index (χ1n) is 9.39. The number of fused-ring (bicyclic) bond motifs is 4. The molecule has 1 atom stereocenters. The summed E-state index contributed by atoms with van der Waals surface area (Å²) >= 11 is 0. The molecule has 1 aromatic heterocycles. The smallest absolute Gasteiger partial charge is 0.283 e. The highest BCUT2D eigenvalue weighted by molar-refractivity contribution is 5.80. The summed E-state index contributed by atoms with van der Waals surface area (Å²) in [5.74, 6) is 1.51. The van der Waals surface area contributed by atoms with E-state index in [4.69, 9.17) is 20.2 Å². The second-order valence-corrected chi connectivity index (χ2v) is 7.36. The van der Waals surface area contributed by atoms with Gasteiger partial charge >= 0.3 is 0 Å². The Morgan fingerprint density at radius 3 is 2.59 bits per heavy atom. The lowest BCUT2D eigenvalue weighted by molar-refractivity contribution is -0.116. The van der Waals surface area contributed by atoms with E-state index in [1.165, 1.54) is 0 Å². The highest BCUT2D eigenvalue weighted by Gasteiger charge is 2.47. The monoisotopic (exact) mass is 385 g/mol. The number of Topliss-reactive ketones (excluding diaryl/α,β-unsaturated/α-hetero) is 1. The second-order valence-electron chi connectivity index (χ2n) is 7.36. The number of benzene rings is 2. The summed E-state index contributed by atoms with van der Waals surface area (Å²) in [5.41, 5.74) is 9.78. The fraction of sp³-hybridized carbons (Fsp3) is 0.174. The number of hydrogen-bond donors (Lipinski definition) is 1. The Hall–Kier alpha value is -3.67. The molecule has 0 bridgehead atoms. The molecule has 0 amide bonds. The SMILES string of the molecule is CC(=O)Cc1ccc2c(c1)[C@]1(COC(N)=N1)c1cc(-c3cccnc3)ccc1O2. The largest absolute Gasteiger partial charge is 0.462 e. The molecule has 6 heteroatoms. The molecule has 6 nitrogen and oxygen atoms in total. The number of rotatable bonds is 3. The van der Waals surface area contributed by atoms with Gasteiger partial charge in [0.2, 0.25) is 0 Å². The van der Waals surface area contributed by atoms with Gasteiger partial charge in [-0.1, -0.05) is 18.2 Å². The number of aromatic nitrogens is 1. The number of pyridine rings is 1. The molecule has 0 saturated carbocycles. The maximum absolute atomic E-state index is 11.6. The zero-order valence-electron chi connectivity index (χ0n) is 15.9. The highest BCUT2D eigenvalue weighted by atomic mass is 16.5. The molecule has 0 saturated heterocycles. The minimum absolute atomic E-state index is 0.0979. The van der Waals surface area contributed by atoms with Gasteiger partial charge in [-0.2, -0.15) is 0 Å². The van der Waals surface area contributed by atoms with Gasteiger partial charge in [-0.15, -0.1) is 0 Å². The van der Waals surface area contributed by atoms with Gasteiger partial charge < -0.3 is 15.2 Å². The maximum atomic E-state index is 11.6. The average Bonchev–Trinajstić information content (AvgIpc) is 3.11. The number of nitrogens with zero attached hydrogens (tertiary/aromatic N) is 2. The molecule has 3 aromatic rings. The standard InChI is InChI=1S/C23H19N3O3/c1-14(27)9-15-4-6-20-18(10-15)23(13-28-22(24)26-23)19-11-16(5-7-21(19)29-20)17-3-2-8-25-12-17/h2-8,10-12H,9,13H2,1H3,(H2,24,26)/t23-/m1/s1. The van der Waals surface area contributed by atoms with Crippen LogP contribution in [0.4, 0.5) is 0 Å². The van der Waals surface area contributed by atoms with Crippen molar-refractivity contribution >= 4 is 11.8 Å². The first kappa shape index (κ1) is 17.4. The van der Waals surface area contributed by atoms with Crippen LogP contribution in [0.3, 0.4) is 0 Å². The van der Waals surface area contributed by atoms with Gasteiger partial charge in [0, 0.05) is 35.5 Å². The van der Waals surface area contributed by atoms with Crippen molar-refractivity contribution < 1.29 is 14.3 Å². The summed E-state index contributed by atoms with van der Waals surface area (Å²) in [6.45, 7) is 1.86. The van der Waals surface area contributed by atoms with E-state index in [-0.39, 0.29) is 18.4 Å². The molecule has 3 heterocycles. The van der Waals surface area contributed by atoms with Crippen LogP contribution in [0.1, 0.15) is 23.6 Å². The van der Waals surface area contributed by atoms with Crippen LogP contribution in [0.5, 0.6) is 11.5 Å². The van der Waals surface area contributed by atoms with E-state index >= 15 is 0 Å². The van der Waals surface area contributed by atoms with Gasteiger partial charge in [-0.05, 0) is 48.4 Å². The first-order valence-corrected chi connectivity index (χ1v) is 9.39. The normalized spacial score (nSPS) is 19.0. The van der Waals surface area contributed by atoms with Gasteiger partial charge in [0.05, 0.1) is 0 Å². The second kappa shape index (κ2) is 6.44. The molecule has 2 N–H and O–H groups in total. The molecule has 0 aliphatic carbocycles. The van der Waals surface area contributed by atoms with Crippen LogP contribution in [0.15, 0.2) is 65.9 Å². The highest BCUT2D eigenvalue weighted by Crippen LogP contribution is 2.51. The topological polar surface area (TPSA) is 86.8 Å². The lowest BCUT2D eigenvalue weighted by atomic mass is 9.79. The van der Waals surface area contributed by atoms with Crippen molar-refractivity contribution in [3.05, 3.63) is 77.6 Å². The third kappa shape index (κ3) is 2.84. The van der Waals surface area contributed by atoms with Crippen molar-refractivity contribution in [1.82, 2.24) is 4.98 Å². The van der Waals surface area contributed by atoms with Gasteiger partial charge in [-0.3, -0.25) is 9.78 Å². The molecule has 2 aliphatic heterocycles. The Morgan fingerprint density at radius 2 is 1.90 bits per heavy atom. The molecule has 0 radical (unpaired) electrons. The predicted molar refractivity (Wildman–Crippen MR) is 109 cm³/mol. The molecular formula is C23H19N3O3. The summed E-state index contributed by atoms with van der Waals surface area (Å²) in [7, 11) is 0. The van der Waals surface area contributed by atoms with Crippen molar-refractivity contribution in [2.45, 2.75) is 18.9 Å². The molecule has 0 fully saturated rings. The fourth-order valence-electron chi connectivity index (χ4n) is 4.01. The molecule has 2 aliphatic rings. The average molecular weight is 385 g/mol. The van der Waals surface area contributed by atoms with Gasteiger partial charge in [0.1, 0.15) is 23.9 Å². The van der Waals surface area contributed by atoms with Crippen LogP contribution < -0.4 is 10.5 Å². The van der Waals surface area contributed by atoms with E-state index < -0.39 is 5.54 Å². The van der Waals surface area contributed by atoms with Crippen LogP contribution in [-0.2, 0) is 21.5 Å². The zero-order chi connectivity index (χ0) is 20.0. The zero-order valence-corrected chi connectivity index (χ0v) is 15.9. The summed E-state index contributed by atoms with van der Waals surface area (Å²) in [6.07, 6.45) is 3.92. The van der Waals surface area contributed by atoms with Crippen molar-refractivity contribution in [2.75, 3.05) is 6.61 Å². The third-order valence-corrected chi connectivity index (χ3v) is 5.31. The Balaban J connectivity index is 1.71. The number of aliphatic imine (C=N–C) groups is 1. The van der Waals surface area contributed by atoms with Crippen LogP contribution >= 0.6 is 0 Å². The first-order chi connectivity index (χ1) is 14.0. The van der Waals surface area contributed by atoms with Crippen LogP contribution in [-0.4, -0.2) is 23.4 Å². The van der Waals surface area contributed by atoms with Crippen LogP contribution in [0, 0.1) is 0 Å². The van der Waals surface area contributed by atoms with E-state index in [2.05, 4.69) is 11.1 Å².